The molecule has 3 heteroatoms. The van der Waals surface area contributed by atoms with Crippen molar-refractivity contribution in [3.05, 3.63) is 60.7 Å². The predicted molar refractivity (Wildman–Crippen MR) is 112 cm³/mol. The van der Waals surface area contributed by atoms with Gasteiger partial charge in [-0.15, -0.1) is 0 Å². The van der Waals surface area contributed by atoms with Gasteiger partial charge in [0, 0.05) is 13.2 Å². The lowest BCUT2D eigenvalue weighted by Gasteiger charge is -2.43. The van der Waals surface area contributed by atoms with E-state index < -0.39 is 8.32 Å². The highest BCUT2D eigenvalue weighted by Crippen LogP contribution is 2.36. The van der Waals surface area contributed by atoms with Crippen LogP contribution in [0.15, 0.2) is 60.7 Å². The largest absolute Gasteiger partial charge is 0.407 e. The minimum atomic E-state index is -2.37. The third-order valence-corrected chi connectivity index (χ3v) is 10.5. The van der Waals surface area contributed by atoms with Crippen molar-refractivity contribution < 1.29 is 9.16 Å². The van der Waals surface area contributed by atoms with Crippen LogP contribution in [0, 0.1) is 0 Å². The quantitative estimate of drug-likeness (QED) is 0.528. The van der Waals surface area contributed by atoms with Crippen LogP contribution in [-0.4, -0.2) is 27.6 Å². The van der Waals surface area contributed by atoms with E-state index in [0.29, 0.717) is 6.10 Å². The summed E-state index contributed by atoms with van der Waals surface area (Å²) in [4.78, 5) is 0. The molecule has 0 saturated carbocycles. The van der Waals surface area contributed by atoms with Crippen LogP contribution in [0.2, 0.25) is 5.04 Å². The van der Waals surface area contributed by atoms with E-state index in [1.54, 1.807) is 0 Å². The van der Waals surface area contributed by atoms with Gasteiger partial charge in [0.05, 0.1) is 6.10 Å². The van der Waals surface area contributed by atoms with Gasteiger partial charge in [0.25, 0.3) is 8.32 Å². The zero-order valence-electron chi connectivity index (χ0n) is 16.4. The van der Waals surface area contributed by atoms with E-state index >= 15 is 0 Å². The zero-order valence-corrected chi connectivity index (χ0v) is 17.4. The van der Waals surface area contributed by atoms with E-state index in [1.165, 1.54) is 23.2 Å². The van der Waals surface area contributed by atoms with Gasteiger partial charge in [0.2, 0.25) is 0 Å². The van der Waals surface area contributed by atoms with Gasteiger partial charge in [-0.25, -0.2) is 0 Å². The van der Waals surface area contributed by atoms with E-state index in [0.717, 1.165) is 26.1 Å². The van der Waals surface area contributed by atoms with Gasteiger partial charge in [-0.3, -0.25) is 0 Å². The molecule has 2 nitrogen and oxygen atoms in total. The Hall–Kier alpha value is -1.42. The number of benzene rings is 2. The van der Waals surface area contributed by atoms with Crippen LogP contribution in [0.5, 0.6) is 0 Å². The molecule has 0 N–H and O–H groups in total. The van der Waals surface area contributed by atoms with Crippen molar-refractivity contribution in [2.45, 2.75) is 57.6 Å². The van der Waals surface area contributed by atoms with Crippen molar-refractivity contribution in [3.63, 3.8) is 0 Å². The van der Waals surface area contributed by atoms with E-state index in [1.807, 2.05) is 0 Å². The fraction of sp³-hybridized carbons (Fsp3) is 0.478. The maximum Gasteiger partial charge on any atom is 0.261 e. The van der Waals surface area contributed by atoms with Crippen molar-refractivity contribution in [3.8, 4) is 0 Å². The summed E-state index contributed by atoms with van der Waals surface area (Å²) >= 11 is 0. The molecule has 26 heavy (non-hydrogen) atoms. The smallest absolute Gasteiger partial charge is 0.261 e. The molecule has 1 heterocycles. The third kappa shape index (κ3) is 4.11. The average molecular weight is 369 g/mol. The lowest BCUT2D eigenvalue weighted by Crippen LogP contribution is -2.66. The molecule has 3 rings (SSSR count). The van der Waals surface area contributed by atoms with Crippen molar-refractivity contribution in [1.82, 2.24) is 0 Å². The van der Waals surface area contributed by atoms with Crippen molar-refractivity contribution in [1.29, 1.82) is 0 Å². The van der Waals surface area contributed by atoms with Crippen molar-refractivity contribution in [2.24, 2.45) is 0 Å². The van der Waals surface area contributed by atoms with Crippen LogP contribution < -0.4 is 10.4 Å². The summed E-state index contributed by atoms with van der Waals surface area (Å²) in [5.74, 6) is 0. The normalized spacial score (nSPS) is 18.2. The molecule has 0 aliphatic carbocycles. The number of rotatable bonds is 7. The topological polar surface area (TPSA) is 18.5 Å². The van der Waals surface area contributed by atoms with Gasteiger partial charge in [-0.2, -0.15) is 0 Å². The van der Waals surface area contributed by atoms with Crippen LogP contribution in [-0.2, 0) is 9.16 Å². The average Bonchev–Trinajstić information content (AvgIpc) is 3.16. The molecular formula is C23H32O2Si. The molecule has 2 aromatic rings. The maximum absolute atomic E-state index is 6.91. The molecule has 0 spiro atoms. The second-order valence-corrected chi connectivity index (χ2v) is 12.6. The lowest BCUT2D eigenvalue weighted by molar-refractivity contribution is 0.0976. The lowest BCUT2D eigenvalue weighted by atomic mass is 10.1. The first-order chi connectivity index (χ1) is 12.5. The minimum Gasteiger partial charge on any atom is -0.407 e. The zero-order chi connectivity index (χ0) is 18.5. The third-order valence-electron chi connectivity index (χ3n) is 5.43. The second kappa shape index (κ2) is 8.51. The van der Waals surface area contributed by atoms with Crippen molar-refractivity contribution >= 4 is 18.7 Å². The predicted octanol–water partition coefficient (Wildman–Crippen LogP) is 4.52. The van der Waals surface area contributed by atoms with Gasteiger partial charge in [-0.05, 0) is 41.1 Å². The monoisotopic (exact) mass is 368 g/mol. The summed E-state index contributed by atoms with van der Waals surface area (Å²) in [6.45, 7) is 8.73. The Kier molecular flexibility index (Phi) is 6.33. The van der Waals surface area contributed by atoms with Crippen LogP contribution in [0.25, 0.3) is 0 Å². The molecule has 2 aromatic carbocycles. The van der Waals surface area contributed by atoms with E-state index in [-0.39, 0.29) is 5.04 Å². The summed E-state index contributed by atoms with van der Waals surface area (Å²) < 4.78 is 12.7. The summed E-state index contributed by atoms with van der Waals surface area (Å²) in [5.41, 5.74) is 0. The van der Waals surface area contributed by atoms with Gasteiger partial charge in [0.15, 0.2) is 0 Å². The minimum absolute atomic E-state index is 0.0551. The van der Waals surface area contributed by atoms with Crippen LogP contribution in [0.3, 0.4) is 0 Å². The molecule has 0 bridgehead atoms. The molecule has 1 saturated heterocycles. The van der Waals surface area contributed by atoms with Crippen LogP contribution in [0.4, 0.5) is 0 Å². The Morgan fingerprint density at radius 2 is 1.54 bits per heavy atom. The van der Waals surface area contributed by atoms with Gasteiger partial charge >= 0.3 is 0 Å². The Balaban J connectivity index is 1.87. The first kappa shape index (κ1) is 19.3. The highest BCUT2D eigenvalue weighted by molar-refractivity contribution is 6.99. The van der Waals surface area contributed by atoms with E-state index in [9.17, 15) is 0 Å². The fourth-order valence-electron chi connectivity index (χ4n) is 4.17. The van der Waals surface area contributed by atoms with Crippen LogP contribution in [0.1, 0.15) is 46.5 Å². The summed E-state index contributed by atoms with van der Waals surface area (Å²) in [7, 11) is -2.37. The number of hydrogen-bond acceptors (Lipinski definition) is 2. The van der Waals surface area contributed by atoms with Gasteiger partial charge < -0.3 is 9.16 Å². The molecule has 1 aliphatic rings. The Morgan fingerprint density at radius 1 is 0.962 bits per heavy atom. The summed E-state index contributed by atoms with van der Waals surface area (Å²) in [6, 6.07) is 21.8. The fourth-order valence-corrected chi connectivity index (χ4v) is 8.78. The van der Waals surface area contributed by atoms with E-state index in [4.69, 9.17) is 9.16 Å². The summed E-state index contributed by atoms with van der Waals surface area (Å²) in [6.07, 6.45) is 5.03. The molecule has 1 unspecified atom stereocenters. The van der Waals surface area contributed by atoms with Gasteiger partial charge in [0.1, 0.15) is 0 Å². The standard InChI is InChI=1S/C23H32O2Si/c1-23(2,3)26(21-14-6-4-7-15-21,22-16-8-5-9-17-22)25-19-11-13-20-12-10-18-24-20/h4-9,14-17,20H,10-13,18-19H2,1-3H3. The number of ether oxygens (including phenoxy) is 1. The molecule has 0 amide bonds. The van der Waals surface area contributed by atoms with Gasteiger partial charge in [-0.1, -0.05) is 81.4 Å². The highest BCUT2D eigenvalue weighted by Gasteiger charge is 2.49. The molecule has 1 fully saturated rings. The first-order valence-electron chi connectivity index (χ1n) is 9.91. The Bertz CT molecular complexity index is 618. The molecular weight excluding hydrogens is 336 g/mol. The SMILES string of the molecule is CC(C)(C)[Si](OCCCC1CCCO1)(c1ccccc1)c1ccccc1. The second-order valence-electron chi connectivity index (χ2n) is 8.29. The van der Waals surface area contributed by atoms with Crippen molar-refractivity contribution in [2.75, 3.05) is 13.2 Å². The number of hydrogen-bond donors (Lipinski definition) is 0. The Morgan fingerprint density at radius 3 is 2.00 bits per heavy atom. The van der Waals surface area contributed by atoms with E-state index in [2.05, 4.69) is 81.4 Å². The molecule has 1 atom stereocenters. The molecule has 140 valence electrons. The highest BCUT2D eigenvalue weighted by atomic mass is 28.4. The molecule has 0 aromatic heterocycles. The molecule has 0 radical (unpaired) electrons. The van der Waals surface area contributed by atoms with Crippen LogP contribution >= 0.6 is 0 Å². The first-order valence-corrected chi connectivity index (χ1v) is 11.8. The Labute approximate surface area is 159 Å². The maximum atomic E-state index is 6.91. The molecule has 1 aliphatic heterocycles. The summed E-state index contributed by atoms with van der Waals surface area (Å²) in [5, 5.41) is 2.77.